The first-order chi connectivity index (χ1) is 13.1. The van der Waals surface area contributed by atoms with E-state index in [4.69, 9.17) is 10.7 Å². The van der Waals surface area contributed by atoms with Crippen LogP contribution in [0.25, 0.3) is 0 Å². The Balaban J connectivity index is 1.55. The van der Waals surface area contributed by atoms with E-state index in [9.17, 15) is 0 Å². The highest BCUT2D eigenvalue weighted by Crippen LogP contribution is 2.48. The summed E-state index contributed by atoms with van der Waals surface area (Å²) in [4.78, 5) is 7.41. The minimum absolute atomic E-state index is 0.230. The standard InChI is InChI=1S/C23H32N4/c1-17-8-7-12-25-22(17)18(2)27(13-6-5-11-24)21-15-23(21)14-19-9-3-4-10-20(19)16-26-23/h3-4,7-10,12,18,21,26H,5-6,11,13-16,24H2,1-2H3/t18-,21?,23?/m1/s1. The van der Waals surface area contributed by atoms with Crippen LogP contribution in [0.15, 0.2) is 42.6 Å². The van der Waals surface area contributed by atoms with Crippen molar-refractivity contribution in [2.24, 2.45) is 5.73 Å². The van der Waals surface area contributed by atoms with Gasteiger partial charge in [0.05, 0.1) is 5.69 Å². The van der Waals surface area contributed by atoms with E-state index in [0.717, 1.165) is 38.9 Å². The molecule has 1 aliphatic heterocycles. The van der Waals surface area contributed by atoms with Crippen LogP contribution in [-0.2, 0) is 13.0 Å². The maximum absolute atomic E-state index is 5.76. The Hall–Kier alpha value is -1.75. The molecule has 1 aliphatic carbocycles. The number of pyridine rings is 1. The normalized spacial score (nSPS) is 24.8. The van der Waals surface area contributed by atoms with Gasteiger partial charge in [0.15, 0.2) is 0 Å². The summed E-state index contributed by atoms with van der Waals surface area (Å²) in [6.45, 7) is 7.34. The molecule has 4 nitrogen and oxygen atoms in total. The van der Waals surface area contributed by atoms with Crippen molar-refractivity contribution in [2.45, 2.75) is 63.7 Å². The third kappa shape index (κ3) is 3.66. The van der Waals surface area contributed by atoms with Crippen molar-refractivity contribution >= 4 is 0 Å². The Morgan fingerprint density at radius 2 is 2.04 bits per heavy atom. The zero-order chi connectivity index (χ0) is 18.9. The minimum atomic E-state index is 0.230. The molecule has 4 heteroatoms. The first-order valence-electron chi connectivity index (χ1n) is 10.3. The van der Waals surface area contributed by atoms with Gasteiger partial charge in [-0.05, 0) is 75.4 Å². The largest absolute Gasteiger partial charge is 0.330 e. The number of hydrogen-bond acceptors (Lipinski definition) is 4. The molecule has 144 valence electrons. The average Bonchev–Trinajstić information content (AvgIpc) is 3.37. The number of benzene rings is 1. The zero-order valence-corrected chi connectivity index (χ0v) is 16.6. The first-order valence-corrected chi connectivity index (χ1v) is 10.3. The van der Waals surface area contributed by atoms with Crippen molar-refractivity contribution < 1.29 is 0 Å². The number of rotatable bonds is 7. The van der Waals surface area contributed by atoms with Gasteiger partial charge in [0.1, 0.15) is 0 Å². The van der Waals surface area contributed by atoms with E-state index in [1.54, 1.807) is 0 Å². The Kier molecular flexibility index (Phi) is 5.31. The van der Waals surface area contributed by atoms with Crippen LogP contribution in [0.4, 0.5) is 0 Å². The van der Waals surface area contributed by atoms with Gasteiger partial charge in [-0.1, -0.05) is 30.3 Å². The fourth-order valence-electron chi connectivity index (χ4n) is 4.83. The molecule has 2 aromatic rings. The smallest absolute Gasteiger partial charge is 0.0601 e. The third-order valence-electron chi connectivity index (χ3n) is 6.50. The fourth-order valence-corrected chi connectivity index (χ4v) is 4.83. The molecular formula is C23H32N4. The quantitative estimate of drug-likeness (QED) is 0.740. The molecule has 1 aromatic heterocycles. The van der Waals surface area contributed by atoms with E-state index in [-0.39, 0.29) is 5.54 Å². The van der Waals surface area contributed by atoms with Crippen molar-refractivity contribution in [3.8, 4) is 0 Å². The SMILES string of the molecule is Cc1cccnc1[C@@H](C)N(CCCCN)C1CC12Cc1ccccc1CN2. The Morgan fingerprint density at radius 1 is 1.22 bits per heavy atom. The van der Waals surface area contributed by atoms with Gasteiger partial charge >= 0.3 is 0 Å². The predicted molar refractivity (Wildman–Crippen MR) is 111 cm³/mol. The first kappa shape index (κ1) is 18.6. The van der Waals surface area contributed by atoms with E-state index in [2.05, 4.69) is 54.4 Å². The van der Waals surface area contributed by atoms with Crippen LogP contribution < -0.4 is 11.1 Å². The van der Waals surface area contributed by atoms with Gasteiger partial charge in [-0.2, -0.15) is 0 Å². The third-order valence-corrected chi connectivity index (χ3v) is 6.50. The summed E-state index contributed by atoms with van der Waals surface area (Å²) in [7, 11) is 0. The summed E-state index contributed by atoms with van der Waals surface area (Å²) < 4.78 is 0. The molecule has 2 aliphatic rings. The lowest BCUT2D eigenvalue weighted by Crippen LogP contribution is -2.46. The van der Waals surface area contributed by atoms with Crippen LogP contribution in [0, 0.1) is 6.92 Å². The van der Waals surface area contributed by atoms with Gasteiger partial charge < -0.3 is 11.1 Å². The van der Waals surface area contributed by atoms with Crippen LogP contribution >= 0.6 is 0 Å². The molecule has 3 atom stereocenters. The molecule has 0 radical (unpaired) electrons. The van der Waals surface area contributed by atoms with Crippen LogP contribution in [0.3, 0.4) is 0 Å². The molecule has 1 saturated carbocycles. The average molecular weight is 365 g/mol. The lowest BCUT2D eigenvalue weighted by molar-refractivity contribution is 0.169. The summed E-state index contributed by atoms with van der Waals surface area (Å²) >= 11 is 0. The lowest BCUT2D eigenvalue weighted by Gasteiger charge is -2.35. The summed E-state index contributed by atoms with van der Waals surface area (Å²) in [6.07, 6.45) is 6.51. The minimum Gasteiger partial charge on any atom is -0.330 e. The molecule has 2 unspecified atom stereocenters. The van der Waals surface area contributed by atoms with Crippen molar-refractivity contribution in [3.05, 3.63) is 65.0 Å². The Morgan fingerprint density at radius 3 is 2.81 bits per heavy atom. The zero-order valence-electron chi connectivity index (χ0n) is 16.6. The number of aryl methyl sites for hydroxylation is 1. The van der Waals surface area contributed by atoms with Gasteiger partial charge in [0.2, 0.25) is 0 Å². The Labute approximate surface area is 163 Å². The predicted octanol–water partition coefficient (Wildman–Crippen LogP) is 3.35. The second kappa shape index (κ2) is 7.70. The van der Waals surface area contributed by atoms with E-state index < -0.39 is 0 Å². The van der Waals surface area contributed by atoms with E-state index >= 15 is 0 Å². The fraction of sp³-hybridized carbons (Fsp3) is 0.522. The van der Waals surface area contributed by atoms with Gasteiger partial charge in [-0.25, -0.2) is 0 Å². The number of nitrogens with two attached hydrogens (primary N) is 1. The highest BCUT2D eigenvalue weighted by molar-refractivity contribution is 5.37. The number of nitrogens with zero attached hydrogens (tertiary/aromatic N) is 2. The second-order valence-electron chi connectivity index (χ2n) is 8.29. The summed E-state index contributed by atoms with van der Waals surface area (Å²) in [6, 6.07) is 14.0. The lowest BCUT2D eigenvalue weighted by atomic mass is 9.93. The number of aromatic nitrogens is 1. The number of unbranched alkanes of at least 4 members (excludes halogenated alkanes) is 1. The van der Waals surface area contributed by atoms with Crippen LogP contribution in [0.1, 0.15) is 54.6 Å². The van der Waals surface area contributed by atoms with Crippen molar-refractivity contribution in [3.63, 3.8) is 0 Å². The van der Waals surface area contributed by atoms with Crippen molar-refractivity contribution in [1.82, 2.24) is 15.2 Å². The molecular weight excluding hydrogens is 332 g/mol. The van der Waals surface area contributed by atoms with Gasteiger partial charge in [0, 0.05) is 30.4 Å². The van der Waals surface area contributed by atoms with Crippen molar-refractivity contribution in [1.29, 1.82) is 0 Å². The van der Waals surface area contributed by atoms with Crippen LogP contribution in [0.2, 0.25) is 0 Å². The monoisotopic (exact) mass is 364 g/mol. The molecule has 4 rings (SSSR count). The maximum atomic E-state index is 5.76. The van der Waals surface area contributed by atoms with Crippen LogP contribution in [-0.4, -0.2) is 34.6 Å². The molecule has 1 spiro atoms. The summed E-state index contributed by atoms with van der Waals surface area (Å²) in [5, 5.41) is 3.88. The summed E-state index contributed by atoms with van der Waals surface area (Å²) in [5.74, 6) is 0. The van der Waals surface area contributed by atoms with E-state index in [1.165, 1.54) is 28.8 Å². The molecule has 2 heterocycles. The van der Waals surface area contributed by atoms with Gasteiger partial charge in [-0.3, -0.25) is 9.88 Å². The number of hydrogen-bond donors (Lipinski definition) is 2. The maximum Gasteiger partial charge on any atom is 0.0601 e. The molecule has 0 amide bonds. The molecule has 1 fully saturated rings. The number of nitrogens with one attached hydrogen (secondary N) is 1. The Bertz CT molecular complexity index is 789. The molecule has 1 aromatic carbocycles. The molecule has 27 heavy (non-hydrogen) atoms. The van der Waals surface area contributed by atoms with E-state index in [1.807, 2.05) is 12.3 Å². The molecule has 3 N–H and O–H groups in total. The van der Waals surface area contributed by atoms with Gasteiger partial charge in [0.25, 0.3) is 0 Å². The summed E-state index contributed by atoms with van der Waals surface area (Å²) in [5.41, 5.74) is 11.5. The molecule has 0 saturated heterocycles. The second-order valence-corrected chi connectivity index (χ2v) is 8.29. The van der Waals surface area contributed by atoms with Crippen molar-refractivity contribution in [2.75, 3.05) is 13.1 Å². The molecule has 0 bridgehead atoms. The topological polar surface area (TPSA) is 54.2 Å². The van der Waals surface area contributed by atoms with E-state index in [0.29, 0.717) is 12.1 Å². The highest BCUT2D eigenvalue weighted by atomic mass is 15.3. The number of fused-ring (bicyclic) bond motifs is 1. The highest BCUT2D eigenvalue weighted by Gasteiger charge is 2.58. The van der Waals surface area contributed by atoms with Gasteiger partial charge in [-0.15, -0.1) is 0 Å². The van der Waals surface area contributed by atoms with Crippen LogP contribution in [0.5, 0.6) is 0 Å².